The van der Waals surface area contributed by atoms with Crippen LogP contribution in [0.1, 0.15) is 26.3 Å². The minimum absolute atomic E-state index is 0.109. The molecule has 2 atom stereocenters. The van der Waals surface area contributed by atoms with Crippen molar-refractivity contribution in [3.05, 3.63) is 23.8 Å². The number of hydrogen-bond donors (Lipinski definition) is 2. The molecular formula is C17H27N3O3. The van der Waals surface area contributed by atoms with Crippen LogP contribution in [0.3, 0.4) is 0 Å². The van der Waals surface area contributed by atoms with Gasteiger partial charge in [-0.15, -0.1) is 0 Å². The summed E-state index contributed by atoms with van der Waals surface area (Å²) >= 11 is 0. The summed E-state index contributed by atoms with van der Waals surface area (Å²) in [5.74, 6) is 1.62. The average molecular weight is 321 g/mol. The van der Waals surface area contributed by atoms with Crippen molar-refractivity contribution in [3.8, 4) is 11.5 Å². The molecule has 0 fully saturated rings. The van der Waals surface area contributed by atoms with Crippen molar-refractivity contribution in [2.24, 2.45) is 11.7 Å². The third kappa shape index (κ3) is 4.59. The van der Waals surface area contributed by atoms with Crippen molar-refractivity contribution >= 4 is 5.91 Å². The fraction of sp³-hybridized carbons (Fsp3) is 0.588. The third-order valence-electron chi connectivity index (χ3n) is 4.24. The first-order chi connectivity index (χ1) is 10.9. The van der Waals surface area contributed by atoms with E-state index in [1.54, 1.807) is 0 Å². The van der Waals surface area contributed by atoms with Crippen LogP contribution in [-0.2, 0) is 11.2 Å². The van der Waals surface area contributed by atoms with E-state index in [4.69, 9.17) is 15.2 Å². The van der Waals surface area contributed by atoms with Gasteiger partial charge in [0.2, 0.25) is 12.7 Å². The number of amides is 1. The average Bonchev–Trinajstić information content (AvgIpc) is 2.98. The molecule has 1 aromatic rings. The lowest BCUT2D eigenvalue weighted by molar-refractivity contribution is -0.123. The maximum absolute atomic E-state index is 11.9. The topological polar surface area (TPSA) is 76.8 Å². The lowest BCUT2D eigenvalue weighted by Crippen LogP contribution is -2.48. The minimum atomic E-state index is -0.465. The number of likely N-dealkylation sites (N-methyl/N-ethyl adjacent to an activating group) is 1. The standard InChI is InChI=1S/C17H27N3O3/c1-11(2)16(18)17(21)19-9-20(4)12(3)7-13-5-6-14-15(8-13)23-10-22-14/h5-6,8,11-12,16H,7,9-10,18H2,1-4H3,(H,19,21)/t12?,16-/m0/s1. The quantitative estimate of drug-likeness (QED) is 0.741. The molecule has 1 aliphatic rings. The Morgan fingerprint density at radius 2 is 2.00 bits per heavy atom. The number of ether oxygens (including phenoxy) is 2. The number of nitrogens with two attached hydrogens (primary N) is 1. The molecule has 0 saturated heterocycles. The molecule has 128 valence electrons. The second-order valence-corrected chi connectivity index (χ2v) is 6.47. The number of benzene rings is 1. The highest BCUT2D eigenvalue weighted by Crippen LogP contribution is 2.32. The van der Waals surface area contributed by atoms with Crippen molar-refractivity contribution in [3.63, 3.8) is 0 Å². The van der Waals surface area contributed by atoms with Crippen LogP contribution in [-0.4, -0.2) is 43.4 Å². The summed E-state index contributed by atoms with van der Waals surface area (Å²) in [6.07, 6.45) is 0.860. The monoisotopic (exact) mass is 321 g/mol. The largest absolute Gasteiger partial charge is 0.454 e. The fourth-order valence-corrected chi connectivity index (χ4v) is 2.34. The number of hydrogen-bond acceptors (Lipinski definition) is 5. The van der Waals surface area contributed by atoms with Crippen LogP contribution in [0.15, 0.2) is 18.2 Å². The Hall–Kier alpha value is -1.79. The van der Waals surface area contributed by atoms with Gasteiger partial charge in [0.15, 0.2) is 11.5 Å². The molecule has 6 heteroatoms. The van der Waals surface area contributed by atoms with E-state index in [2.05, 4.69) is 17.1 Å². The van der Waals surface area contributed by atoms with E-state index in [-0.39, 0.29) is 24.7 Å². The number of fused-ring (bicyclic) bond motifs is 1. The van der Waals surface area contributed by atoms with Gasteiger partial charge in [-0.2, -0.15) is 0 Å². The van der Waals surface area contributed by atoms with Crippen molar-refractivity contribution in [2.45, 2.75) is 39.3 Å². The maximum atomic E-state index is 11.9. The highest BCUT2D eigenvalue weighted by molar-refractivity contribution is 5.81. The van der Waals surface area contributed by atoms with Gasteiger partial charge in [0.05, 0.1) is 12.7 Å². The second kappa shape index (κ2) is 7.66. The van der Waals surface area contributed by atoms with E-state index >= 15 is 0 Å². The van der Waals surface area contributed by atoms with Gasteiger partial charge in [0, 0.05) is 6.04 Å². The summed E-state index contributed by atoms with van der Waals surface area (Å²) < 4.78 is 10.7. The Balaban J connectivity index is 1.83. The number of nitrogens with zero attached hydrogens (tertiary/aromatic N) is 1. The van der Waals surface area contributed by atoms with Crippen LogP contribution in [0.2, 0.25) is 0 Å². The van der Waals surface area contributed by atoms with E-state index in [0.29, 0.717) is 6.67 Å². The van der Waals surface area contributed by atoms with Crippen molar-refractivity contribution in [1.82, 2.24) is 10.2 Å². The molecule has 0 saturated carbocycles. The summed E-state index contributed by atoms with van der Waals surface area (Å²) in [5.41, 5.74) is 7.02. The third-order valence-corrected chi connectivity index (χ3v) is 4.24. The molecule has 23 heavy (non-hydrogen) atoms. The van der Waals surface area contributed by atoms with E-state index in [1.807, 2.05) is 39.1 Å². The zero-order chi connectivity index (χ0) is 17.0. The lowest BCUT2D eigenvalue weighted by atomic mass is 10.0. The van der Waals surface area contributed by atoms with Crippen LogP contribution in [0.4, 0.5) is 0 Å². The predicted molar refractivity (Wildman–Crippen MR) is 89.3 cm³/mol. The van der Waals surface area contributed by atoms with E-state index < -0.39 is 6.04 Å². The first-order valence-electron chi connectivity index (χ1n) is 8.00. The van der Waals surface area contributed by atoms with Crippen LogP contribution >= 0.6 is 0 Å². The summed E-state index contributed by atoms with van der Waals surface area (Å²) in [4.78, 5) is 14.0. The van der Waals surface area contributed by atoms with Crippen molar-refractivity contribution in [2.75, 3.05) is 20.5 Å². The zero-order valence-corrected chi connectivity index (χ0v) is 14.3. The maximum Gasteiger partial charge on any atom is 0.238 e. The van der Waals surface area contributed by atoms with Crippen LogP contribution in [0.5, 0.6) is 11.5 Å². The fourth-order valence-electron chi connectivity index (χ4n) is 2.34. The van der Waals surface area contributed by atoms with E-state index in [0.717, 1.165) is 17.9 Å². The van der Waals surface area contributed by atoms with Gasteiger partial charge in [-0.05, 0) is 44.0 Å². The number of nitrogens with one attached hydrogen (secondary N) is 1. The summed E-state index contributed by atoms with van der Waals surface area (Å²) in [6, 6.07) is 5.80. The molecule has 1 aromatic carbocycles. The Morgan fingerprint density at radius 3 is 2.70 bits per heavy atom. The Morgan fingerprint density at radius 1 is 1.30 bits per heavy atom. The molecule has 6 nitrogen and oxygen atoms in total. The van der Waals surface area contributed by atoms with Crippen LogP contribution in [0, 0.1) is 5.92 Å². The molecule has 1 unspecified atom stereocenters. The van der Waals surface area contributed by atoms with Gasteiger partial charge in [-0.25, -0.2) is 0 Å². The second-order valence-electron chi connectivity index (χ2n) is 6.47. The van der Waals surface area contributed by atoms with Gasteiger partial charge in [0.1, 0.15) is 0 Å². The first-order valence-corrected chi connectivity index (χ1v) is 8.00. The highest BCUT2D eigenvalue weighted by atomic mass is 16.7. The van der Waals surface area contributed by atoms with E-state index in [1.165, 1.54) is 5.56 Å². The molecule has 0 spiro atoms. The van der Waals surface area contributed by atoms with Crippen LogP contribution in [0.25, 0.3) is 0 Å². The smallest absolute Gasteiger partial charge is 0.238 e. The SMILES string of the molecule is CC(C)[C@H](N)C(=O)NCN(C)C(C)Cc1ccc2c(c1)OCO2. The molecular weight excluding hydrogens is 294 g/mol. The van der Waals surface area contributed by atoms with Crippen molar-refractivity contribution in [1.29, 1.82) is 0 Å². The molecule has 1 aliphatic heterocycles. The molecule has 0 bridgehead atoms. The minimum Gasteiger partial charge on any atom is -0.454 e. The number of rotatable bonds is 7. The van der Waals surface area contributed by atoms with Gasteiger partial charge in [0.25, 0.3) is 0 Å². The van der Waals surface area contributed by atoms with Gasteiger partial charge >= 0.3 is 0 Å². The normalized spacial score (nSPS) is 15.8. The van der Waals surface area contributed by atoms with Gasteiger partial charge in [-0.3, -0.25) is 9.69 Å². The molecule has 0 aromatic heterocycles. The first kappa shape index (κ1) is 17.6. The Bertz CT molecular complexity index is 548. The lowest BCUT2D eigenvalue weighted by Gasteiger charge is -2.26. The number of carbonyl (C=O) groups excluding carboxylic acids is 1. The summed E-state index contributed by atoms with van der Waals surface area (Å²) in [6.45, 7) is 6.77. The molecule has 0 aliphatic carbocycles. The Kier molecular flexibility index (Phi) is 5.85. The van der Waals surface area contributed by atoms with Gasteiger partial charge < -0.3 is 20.5 Å². The molecule has 1 heterocycles. The van der Waals surface area contributed by atoms with E-state index in [9.17, 15) is 4.79 Å². The van der Waals surface area contributed by atoms with Gasteiger partial charge in [-0.1, -0.05) is 19.9 Å². The highest BCUT2D eigenvalue weighted by Gasteiger charge is 2.19. The number of carbonyl (C=O) groups is 1. The summed E-state index contributed by atoms with van der Waals surface area (Å²) in [5, 5.41) is 2.89. The Labute approximate surface area is 137 Å². The molecule has 2 rings (SSSR count). The molecule has 3 N–H and O–H groups in total. The van der Waals surface area contributed by atoms with Crippen LogP contribution < -0.4 is 20.5 Å². The predicted octanol–water partition coefficient (Wildman–Crippen LogP) is 1.34. The molecule has 0 radical (unpaired) electrons. The molecule has 1 amide bonds. The van der Waals surface area contributed by atoms with Crippen molar-refractivity contribution < 1.29 is 14.3 Å². The summed E-state index contributed by atoms with van der Waals surface area (Å²) in [7, 11) is 1.98. The zero-order valence-electron chi connectivity index (χ0n) is 14.3.